The van der Waals surface area contributed by atoms with Gasteiger partial charge in [-0.2, -0.15) is 13.2 Å². The Morgan fingerprint density at radius 2 is 1.87 bits per heavy atom. The molecule has 84 valence electrons. The van der Waals surface area contributed by atoms with E-state index in [-0.39, 0.29) is 6.54 Å². The first-order valence-corrected chi connectivity index (χ1v) is 4.85. The zero-order valence-electron chi connectivity index (χ0n) is 7.54. The summed E-state index contributed by atoms with van der Waals surface area (Å²) in [6, 6.07) is 4.67. The highest BCUT2D eigenvalue weighted by Gasteiger charge is 2.26. The summed E-state index contributed by atoms with van der Waals surface area (Å²) in [7, 11) is 0. The molecule has 0 saturated heterocycles. The van der Waals surface area contributed by atoms with Crippen LogP contribution in [0.2, 0.25) is 10.0 Å². The average molecular weight is 258 g/mol. The Hall–Kier alpha value is -0.450. The van der Waals surface area contributed by atoms with Crippen molar-refractivity contribution in [1.29, 1.82) is 0 Å². The van der Waals surface area contributed by atoms with Gasteiger partial charge < -0.3 is 5.32 Å². The topological polar surface area (TPSA) is 12.0 Å². The molecule has 0 unspecified atom stereocenters. The molecule has 0 fully saturated rings. The maximum absolute atomic E-state index is 11.8. The molecule has 1 aromatic carbocycles. The molecule has 0 atom stereocenters. The van der Waals surface area contributed by atoms with E-state index in [4.69, 9.17) is 23.2 Å². The number of halogens is 5. The summed E-state index contributed by atoms with van der Waals surface area (Å²) in [5.41, 5.74) is 0.588. The Morgan fingerprint density at radius 3 is 2.40 bits per heavy atom. The molecule has 0 spiro atoms. The number of alkyl halides is 3. The summed E-state index contributed by atoms with van der Waals surface area (Å²) in [5, 5.41) is 3.07. The van der Waals surface area contributed by atoms with Gasteiger partial charge in [0.2, 0.25) is 0 Å². The summed E-state index contributed by atoms with van der Waals surface area (Å²) in [6.45, 7) is -0.971. The highest BCUT2D eigenvalue weighted by atomic mass is 35.5. The van der Waals surface area contributed by atoms with Gasteiger partial charge in [0.1, 0.15) is 0 Å². The molecule has 0 aliphatic rings. The first kappa shape index (κ1) is 12.6. The summed E-state index contributed by atoms with van der Waals surface area (Å²) >= 11 is 11.4. The third-order valence-corrected chi connectivity index (χ3v) is 2.24. The van der Waals surface area contributed by atoms with E-state index in [0.29, 0.717) is 15.6 Å². The van der Waals surface area contributed by atoms with Crippen LogP contribution < -0.4 is 5.32 Å². The molecule has 0 amide bonds. The molecule has 0 bridgehead atoms. The van der Waals surface area contributed by atoms with E-state index in [0.717, 1.165) is 0 Å². The monoisotopic (exact) mass is 257 g/mol. The van der Waals surface area contributed by atoms with Gasteiger partial charge in [-0.15, -0.1) is 0 Å². The lowest BCUT2D eigenvalue weighted by Gasteiger charge is -2.09. The van der Waals surface area contributed by atoms with Crippen molar-refractivity contribution in [2.24, 2.45) is 0 Å². The Morgan fingerprint density at radius 1 is 1.20 bits per heavy atom. The molecule has 1 aromatic rings. The molecular weight excluding hydrogens is 250 g/mol. The lowest BCUT2D eigenvalue weighted by Crippen LogP contribution is -2.28. The van der Waals surface area contributed by atoms with Crippen molar-refractivity contribution in [3.05, 3.63) is 33.8 Å². The largest absolute Gasteiger partial charge is 0.401 e. The van der Waals surface area contributed by atoms with Gasteiger partial charge in [-0.25, -0.2) is 0 Å². The van der Waals surface area contributed by atoms with Gasteiger partial charge in [0.25, 0.3) is 0 Å². The molecule has 1 nitrogen and oxygen atoms in total. The van der Waals surface area contributed by atoms with Crippen molar-refractivity contribution in [1.82, 2.24) is 5.32 Å². The van der Waals surface area contributed by atoms with Crippen LogP contribution >= 0.6 is 23.2 Å². The first-order valence-electron chi connectivity index (χ1n) is 4.10. The van der Waals surface area contributed by atoms with E-state index in [2.05, 4.69) is 5.32 Å². The van der Waals surface area contributed by atoms with Crippen molar-refractivity contribution in [3.8, 4) is 0 Å². The van der Waals surface area contributed by atoms with Crippen LogP contribution in [0.1, 0.15) is 5.56 Å². The maximum atomic E-state index is 11.8. The van der Waals surface area contributed by atoms with E-state index < -0.39 is 12.7 Å². The Balaban J connectivity index is 2.51. The molecular formula is C9H8Cl2F3N. The van der Waals surface area contributed by atoms with Gasteiger partial charge in [0.05, 0.1) is 6.54 Å². The highest BCUT2D eigenvalue weighted by molar-refractivity contribution is 6.35. The van der Waals surface area contributed by atoms with E-state index in [1.807, 2.05) is 0 Å². The van der Waals surface area contributed by atoms with E-state index >= 15 is 0 Å². The molecule has 0 aromatic heterocycles. The van der Waals surface area contributed by atoms with Crippen LogP contribution in [0.3, 0.4) is 0 Å². The number of benzene rings is 1. The third-order valence-electron chi connectivity index (χ3n) is 1.66. The van der Waals surface area contributed by atoms with Crippen LogP contribution in [0, 0.1) is 0 Å². The van der Waals surface area contributed by atoms with Crippen molar-refractivity contribution >= 4 is 23.2 Å². The van der Waals surface area contributed by atoms with Crippen molar-refractivity contribution in [2.75, 3.05) is 6.54 Å². The molecule has 6 heteroatoms. The van der Waals surface area contributed by atoms with Crippen molar-refractivity contribution in [2.45, 2.75) is 12.7 Å². The number of hydrogen-bond donors (Lipinski definition) is 1. The molecule has 15 heavy (non-hydrogen) atoms. The zero-order chi connectivity index (χ0) is 11.5. The Labute approximate surface area is 95.2 Å². The van der Waals surface area contributed by atoms with Gasteiger partial charge in [-0.3, -0.25) is 0 Å². The van der Waals surface area contributed by atoms with Crippen LogP contribution in [0.25, 0.3) is 0 Å². The molecule has 0 saturated carbocycles. The predicted octanol–water partition coefficient (Wildman–Crippen LogP) is 3.65. The van der Waals surface area contributed by atoms with Crippen molar-refractivity contribution < 1.29 is 13.2 Å². The fourth-order valence-corrected chi connectivity index (χ4v) is 1.48. The molecule has 0 radical (unpaired) electrons. The highest BCUT2D eigenvalue weighted by Crippen LogP contribution is 2.21. The number of rotatable bonds is 3. The first-order chi connectivity index (χ1) is 6.88. The van der Waals surface area contributed by atoms with Crippen LogP contribution in [-0.4, -0.2) is 12.7 Å². The summed E-state index contributed by atoms with van der Waals surface area (Å²) in [6.07, 6.45) is -4.21. The fraction of sp³-hybridized carbons (Fsp3) is 0.333. The minimum atomic E-state index is -4.21. The second kappa shape index (κ2) is 5.05. The number of hydrogen-bond acceptors (Lipinski definition) is 1. The van der Waals surface area contributed by atoms with Gasteiger partial charge in [-0.05, 0) is 17.7 Å². The Bertz CT molecular complexity index is 339. The van der Waals surface area contributed by atoms with Gasteiger partial charge in [0, 0.05) is 16.6 Å². The third kappa shape index (κ3) is 4.73. The van der Waals surface area contributed by atoms with Crippen molar-refractivity contribution in [3.63, 3.8) is 0 Å². The molecule has 0 aliphatic heterocycles. The summed E-state index contributed by atoms with van der Waals surface area (Å²) < 4.78 is 35.4. The second-order valence-electron chi connectivity index (χ2n) is 2.95. The molecule has 0 aliphatic carbocycles. The van der Waals surface area contributed by atoms with E-state index in [1.165, 1.54) is 6.07 Å². The summed E-state index contributed by atoms with van der Waals surface area (Å²) in [5.74, 6) is 0. The zero-order valence-corrected chi connectivity index (χ0v) is 9.05. The van der Waals surface area contributed by atoms with Gasteiger partial charge in [-0.1, -0.05) is 29.3 Å². The minimum Gasteiger partial charge on any atom is -0.305 e. The molecule has 1 rings (SSSR count). The maximum Gasteiger partial charge on any atom is 0.401 e. The summed E-state index contributed by atoms with van der Waals surface area (Å²) in [4.78, 5) is 0. The van der Waals surface area contributed by atoms with E-state index in [9.17, 15) is 13.2 Å². The lowest BCUT2D eigenvalue weighted by atomic mass is 10.2. The van der Waals surface area contributed by atoms with Crippen LogP contribution in [0.5, 0.6) is 0 Å². The second-order valence-corrected chi connectivity index (χ2v) is 3.80. The average Bonchev–Trinajstić information content (AvgIpc) is 2.07. The van der Waals surface area contributed by atoms with Crippen LogP contribution in [0.15, 0.2) is 18.2 Å². The SMILES string of the molecule is FC(F)(F)CNCc1ccc(Cl)cc1Cl. The number of nitrogens with one attached hydrogen (secondary N) is 1. The minimum absolute atomic E-state index is 0.0650. The predicted molar refractivity (Wildman–Crippen MR) is 54.2 cm³/mol. The van der Waals surface area contributed by atoms with Crippen LogP contribution in [0.4, 0.5) is 13.2 Å². The van der Waals surface area contributed by atoms with Gasteiger partial charge in [0.15, 0.2) is 0 Å². The standard InChI is InChI=1S/C9H8Cl2F3N/c10-7-2-1-6(8(11)3-7)4-15-5-9(12,13)14/h1-3,15H,4-5H2. The van der Waals surface area contributed by atoms with Crippen LogP contribution in [-0.2, 0) is 6.54 Å². The fourth-order valence-electron chi connectivity index (χ4n) is 1.00. The van der Waals surface area contributed by atoms with E-state index in [1.54, 1.807) is 12.1 Å². The molecule has 1 N–H and O–H groups in total. The van der Waals surface area contributed by atoms with Gasteiger partial charge >= 0.3 is 6.18 Å². The normalized spacial score (nSPS) is 11.8. The quantitative estimate of drug-likeness (QED) is 0.872. The smallest absolute Gasteiger partial charge is 0.305 e. The molecule has 0 heterocycles. The Kier molecular flexibility index (Phi) is 4.25. The lowest BCUT2D eigenvalue weighted by molar-refractivity contribution is -0.125.